The van der Waals surface area contributed by atoms with E-state index in [4.69, 9.17) is 15.2 Å². The number of likely N-dealkylation sites (N-methyl/N-ethyl adjacent to an activating group) is 1. The number of ether oxygens (including phenoxy) is 2. The summed E-state index contributed by atoms with van der Waals surface area (Å²) >= 11 is 0. The van der Waals surface area contributed by atoms with Gasteiger partial charge in [0.05, 0.1) is 19.2 Å². The Morgan fingerprint density at radius 3 is 2.31 bits per heavy atom. The molecule has 0 aliphatic heterocycles. The van der Waals surface area contributed by atoms with Crippen LogP contribution in [0.3, 0.4) is 0 Å². The van der Waals surface area contributed by atoms with Crippen molar-refractivity contribution in [1.82, 2.24) is 16.0 Å². The van der Waals surface area contributed by atoms with Gasteiger partial charge in [0, 0.05) is 6.42 Å². The number of methoxy groups -OCH3 is 1. The largest absolute Gasteiger partial charge is 0.489 e. The molecule has 12 heteroatoms. The van der Waals surface area contributed by atoms with Crippen LogP contribution < -0.4 is 26.4 Å². The number of rotatable bonds is 18. The fourth-order valence-corrected chi connectivity index (χ4v) is 5.89. The molecule has 3 rings (SSSR count). The third-order valence-electron chi connectivity index (χ3n) is 7.36. The van der Waals surface area contributed by atoms with E-state index in [-0.39, 0.29) is 12.8 Å². The molecule has 0 heterocycles. The standard InChI is InChI=1S/C33H43FN4O5P2/c1-36-16-8-13-27(35)31(39)38-28(32(40)42-3)18-23-11-7-12-24(17-23)25-14-15-30(43-21-22-9-5-4-6-10-22)26(19-25)20-29(37-2)33(41)45(34)44/h4-7,9-12,14-15,17,19,27-29,36-37H,8,13,16,18,20-21,35,44H2,1-3H3,(H,38,39)/t27-,28-,29-,45?/m0/s1. The summed E-state index contributed by atoms with van der Waals surface area (Å²) in [4.78, 5) is 37.9. The second kappa shape index (κ2) is 18.6. The van der Waals surface area contributed by atoms with Gasteiger partial charge < -0.3 is 31.2 Å². The van der Waals surface area contributed by atoms with Crippen LogP contribution in [0.5, 0.6) is 5.75 Å². The summed E-state index contributed by atoms with van der Waals surface area (Å²) < 4.78 is 25.1. The maximum Gasteiger partial charge on any atom is 0.328 e. The predicted molar refractivity (Wildman–Crippen MR) is 181 cm³/mol. The molecule has 0 saturated carbocycles. The number of nitrogens with two attached hydrogens (primary N) is 1. The maximum absolute atomic E-state index is 14.0. The molecule has 0 aliphatic rings. The highest BCUT2D eigenvalue weighted by Gasteiger charge is 2.26. The van der Waals surface area contributed by atoms with Gasteiger partial charge in [0.1, 0.15) is 18.4 Å². The molecule has 5 N–H and O–H groups in total. The first-order valence-corrected chi connectivity index (χ1v) is 17.6. The van der Waals surface area contributed by atoms with Crippen LogP contribution in [-0.2, 0) is 38.6 Å². The Bertz CT molecular complexity index is 1410. The molecule has 0 saturated heterocycles. The van der Waals surface area contributed by atoms with E-state index in [0.717, 1.165) is 40.8 Å². The first-order valence-electron chi connectivity index (χ1n) is 14.8. The molecular formula is C33H43FN4O5P2. The van der Waals surface area contributed by atoms with Crippen molar-refractivity contribution in [2.24, 2.45) is 5.73 Å². The molecule has 9 nitrogen and oxygen atoms in total. The van der Waals surface area contributed by atoms with Gasteiger partial charge in [-0.2, -0.15) is 0 Å². The number of benzene rings is 3. The number of amides is 1. The van der Waals surface area contributed by atoms with Gasteiger partial charge in [0.2, 0.25) is 11.4 Å². The van der Waals surface area contributed by atoms with E-state index in [0.29, 0.717) is 18.8 Å². The van der Waals surface area contributed by atoms with Crippen LogP contribution in [-0.4, -0.2) is 63.3 Å². The number of esters is 1. The van der Waals surface area contributed by atoms with Gasteiger partial charge in [-0.3, -0.25) is 9.59 Å². The summed E-state index contributed by atoms with van der Waals surface area (Å²) in [5, 5.41) is 8.71. The SMILES string of the molecule is CNCCC[C@H](N)C(=O)N[C@@H](Cc1cccc(-c2ccc(OCc3ccccc3)c(C[C@H](NC)C(=O)P(F)P)c2)c1)C(=O)OC. The number of carbonyl (C=O) groups excluding carboxylic acids is 3. The number of carbonyl (C=O) groups is 3. The highest BCUT2D eigenvalue weighted by Crippen LogP contribution is 2.48. The molecule has 0 bridgehead atoms. The number of nitrogens with one attached hydrogen (secondary N) is 3. The minimum atomic E-state index is -2.35. The zero-order valence-electron chi connectivity index (χ0n) is 25.9. The van der Waals surface area contributed by atoms with Gasteiger partial charge in [0.25, 0.3) is 0 Å². The first-order chi connectivity index (χ1) is 21.7. The Hall–Kier alpha value is -3.26. The van der Waals surface area contributed by atoms with E-state index in [1.807, 2.05) is 88.8 Å². The second-order valence-corrected chi connectivity index (χ2v) is 13.1. The van der Waals surface area contributed by atoms with E-state index in [2.05, 4.69) is 16.0 Å². The molecule has 0 radical (unpaired) electrons. The first kappa shape index (κ1) is 36.2. The quantitative estimate of drug-likeness (QED) is 0.0908. The van der Waals surface area contributed by atoms with Gasteiger partial charge in [0.15, 0.2) is 7.92 Å². The summed E-state index contributed by atoms with van der Waals surface area (Å²) in [5.74, 6) is -0.384. The molecule has 2 unspecified atom stereocenters. The van der Waals surface area contributed by atoms with Gasteiger partial charge in [-0.1, -0.05) is 69.6 Å². The Labute approximate surface area is 268 Å². The molecule has 0 spiro atoms. The lowest BCUT2D eigenvalue weighted by molar-refractivity contribution is -0.145. The van der Waals surface area contributed by atoms with Crippen molar-refractivity contribution in [2.45, 2.75) is 50.4 Å². The molecule has 0 aliphatic carbocycles. The van der Waals surface area contributed by atoms with E-state index in [1.54, 1.807) is 7.05 Å². The van der Waals surface area contributed by atoms with E-state index in [1.165, 1.54) is 7.11 Å². The van der Waals surface area contributed by atoms with Gasteiger partial charge in [-0.05, 0) is 79.9 Å². The predicted octanol–water partition coefficient (Wildman–Crippen LogP) is 4.27. The monoisotopic (exact) mass is 656 g/mol. The molecule has 242 valence electrons. The number of hydrogen-bond acceptors (Lipinski definition) is 8. The summed E-state index contributed by atoms with van der Waals surface area (Å²) in [5.41, 5.74) is 9.79. The summed E-state index contributed by atoms with van der Waals surface area (Å²) in [7, 11) is 4.37. The molecule has 0 fully saturated rings. The van der Waals surface area contributed by atoms with Crippen molar-refractivity contribution in [1.29, 1.82) is 0 Å². The fraction of sp³-hybridized carbons (Fsp3) is 0.364. The smallest absolute Gasteiger partial charge is 0.328 e. The Morgan fingerprint density at radius 2 is 1.64 bits per heavy atom. The average Bonchev–Trinajstić information content (AvgIpc) is 3.06. The minimum Gasteiger partial charge on any atom is -0.489 e. The second-order valence-electron chi connectivity index (χ2n) is 10.6. The van der Waals surface area contributed by atoms with Crippen LogP contribution in [0.1, 0.15) is 29.5 Å². The van der Waals surface area contributed by atoms with E-state index < -0.39 is 43.4 Å². The highest BCUT2D eigenvalue weighted by molar-refractivity contribution is 8.19. The van der Waals surface area contributed by atoms with Gasteiger partial charge in [-0.25, -0.2) is 8.99 Å². The molecular weight excluding hydrogens is 613 g/mol. The molecule has 0 aromatic heterocycles. The lowest BCUT2D eigenvalue weighted by Gasteiger charge is -2.20. The van der Waals surface area contributed by atoms with Crippen LogP contribution in [0.15, 0.2) is 72.8 Å². The normalized spacial score (nSPS) is 13.7. The number of halogens is 1. The summed E-state index contributed by atoms with van der Waals surface area (Å²) in [6, 6.07) is 20.6. The fourth-order valence-electron chi connectivity index (χ4n) is 4.83. The van der Waals surface area contributed by atoms with Crippen molar-refractivity contribution in [2.75, 3.05) is 27.7 Å². The van der Waals surface area contributed by atoms with Crippen LogP contribution in [0.25, 0.3) is 11.1 Å². The molecule has 45 heavy (non-hydrogen) atoms. The van der Waals surface area contributed by atoms with Crippen molar-refractivity contribution < 1.29 is 28.1 Å². The van der Waals surface area contributed by atoms with Gasteiger partial charge in [-0.15, -0.1) is 0 Å². The van der Waals surface area contributed by atoms with Crippen LogP contribution >= 0.6 is 16.8 Å². The third-order valence-corrected chi connectivity index (χ3v) is 8.86. The molecule has 3 aromatic rings. The highest BCUT2D eigenvalue weighted by atomic mass is 32.0. The van der Waals surface area contributed by atoms with E-state index in [9.17, 15) is 18.6 Å². The Balaban J connectivity index is 1.87. The zero-order chi connectivity index (χ0) is 32.8. The minimum absolute atomic E-state index is 0.200. The summed E-state index contributed by atoms with van der Waals surface area (Å²) in [6.07, 6.45) is 1.64. The van der Waals surface area contributed by atoms with Crippen molar-refractivity contribution in [3.63, 3.8) is 0 Å². The Morgan fingerprint density at radius 1 is 0.933 bits per heavy atom. The lowest BCUT2D eigenvalue weighted by Crippen LogP contribution is -2.49. The van der Waals surface area contributed by atoms with Crippen LogP contribution in [0.4, 0.5) is 4.20 Å². The van der Waals surface area contributed by atoms with Crippen molar-refractivity contribution in [3.8, 4) is 16.9 Å². The van der Waals surface area contributed by atoms with Crippen LogP contribution in [0, 0.1) is 0 Å². The topological polar surface area (TPSA) is 132 Å². The maximum atomic E-state index is 14.0. The lowest BCUT2D eigenvalue weighted by atomic mass is 9.96. The molecule has 5 atom stereocenters. The third kappa shape index (κ3) is 11.2. The number of hydrogen-bond donors (Lipinski definition) is 4. The zero-order valence-corrected chi connectivity index (χ0v) is 28.0. The van der Waals surface area contributed by atoms with E-state index >= 15 is 0 Å². The van der Waals surface area contributed by atoms with Crippen LogP contribution in [0.2, 0.25) is 0 Å². The molecule has 1 amide bonds. The van der Waals surface area contributed by atoms with Crippen molar-refractivity contribution >= 4 is 34.3 Å². The summed E-state index contributed by atoms with van der Waals surface area (Å²) in [6.45, 7) is 1.07. The average molecular weight is 657 g/mol. The van der Waals surface area contributed by atoms with Gasteiger partial charge >= 0.3 is 5.97 Å². The van der Waals surface area contributed by atoms with Crippen molar-refractivity contribution in [3.05, 3.63) is 89.5 Å². The Kier molecular flexibility index (Phi) is 15.0. The molecule has 3 aromatic carbocycles.